The van der Waals surface area contributed by atoms with Crippen LogP contribution in [0.5, 0.6) is 0 Å². The maximum Gasteiger partial charge on any atom is 0.127 e. The molecule has 0 aromatic heterocycles. The van der Waals surface area contributed by atoms with Crippen LogP contribution in [0.1, 0.15) is 17.2 Å². The lowest BCUT2D eigenvalue weighted by molar-refractivity contribution is 0.529. The molecule has 1 atom stereocenters. The van der Waals surface area contributed by atoms with Crippen molar-refractivity contribution in [2.45, 2.75) is 12.5 Å². The summed E-state index contributed by atoms with van der Waals surface area (Å²) in [5.41, 5.74) is 4.00. The number of hydrogen-bond acceptors (Lipinski definition) is 2. The molecule has 20 heavy (non-hydrogen) atoms. The third kappa shape index (κ3) is 3.62. The van der Waals surface area contributed by atoms with Crippen LogP contribution in [-0.2, 0) is 6.42 Å². The fourth-order valence-electron chi connectivity index (χ4n) is 1.91. The van der Waals surface area contributed by atoms with Crippen LogP contribution in [0.4, 0.5) is 4.39 Å². The second kappa shape index (κ2) is 6.74. The minimum absolute atomic E-state index is 0.277. The summed E-state index contributed by atoms with van der Waals surface area (Å²) in [5.74, 6) is 5.18. The fourth-order valence-corrected chi connectivity index (χ4v) is 2.37. The Balaban J connectivity index is 2.26. The molecule has 2 nitrogen and oxygen atoms in total. The third-order valence-corrected chi connectivity index (χ3v) is 3.96. The zero-order valence-electron chi connectivity index (χ0n) is 10.3. The van der Waals surface area contributed by atoms with E-state index in [0.29, 0.717) is 27.1 Å². The second-order valence-electron chi connectivity index (χ2n) is 4.33. The molecule has 106 valence electrons. The zero-order chi connectivity index (χ0) is 14.7. The molecule has 2 aromatic carbocycles. The fraction of sp³-hybridized carbons (Fsp3) is 0.143. The molecule has 0 heterocycles. The van der Waals surface area contributed by atoms with Gasteiger partial charge in [-0.05, 0) is 41.8 Å². The van der Waals surface area contributed by atoms with E-state index in [1.165, 1.54) is 6.07 Å². The van der Waals surface area contributed by atoms with Crippen LogP contribution in [0.2, 0.25) is 15.1 Å². The van der Waals surface area contributed by atoms with Crippen LogP contribution in [0.3, 0.4) is 0 Å². The Hall–Kier alpha value is -0.840. The van der Waals surface area contributed by atoms with Crippen molar-refractivity contribution < 1.29 is 4.39 Å². The van der Waals surface area contributed by atoms with Crippen molar-refractivity contribution in [2.24, 2.45) is 5.84 Å². The first-order valence-electron chi connectivity index (χ1n) is 5.86. The minimum Gasteiger partial charge on any atom is -0.271 e. The quantitative estimate of drug-likeness (QED) is 0.637. The zero-order valence-corrected chi connectivity index (χ0v) is 12.6. The first-order valence-corrected chi connectivity index (χ1v) is 6.99. The van der Waals surface area contributed by atoms with Crippen molar-refractivity contribution in [1.29, 1.82) is 0 Å². The van der Waals surface area contributed by atoms with Gasteiger partial charge in [0.25, 0.3) is 0 Å². The number of nitrogens with two attached hydrogens (primary N) is 1. The number of nitrogens with one attached hydrogen (secondary N) is 1. The lowest BCUT2D eigenvalue weighted by Crippen LogP contribution is -2.29. The van der Waals surface area contributed by atoms with Crippen molar-refractivity contribution in [2.75, 3.05) is 0 Å². The van der Waals surface area contributed by atoms with E-state index in [-0.39, 0.29) is 11.9 Å². The van der Waals surface area contributed by atoms with Crippen molar-refractivity contribution in [1.82, 2.24) is 5.43 Å². The van der Waals surface area contributed by atoms with Gasteiger partial charge in [0.1, 0.15) is 5.82 Å². The molecule has 0 aliphatic heterocycles. The average molecular weight is 334 g/mol. The van der Waals surface area contributed by atoms with Gasteiger partial charge in [0.15, 0.2) is 0 Å². The molecule has 0 bridgehead atoms. The van der Waals surface area contributed by atoms with Crippen LogP contribution in [0.25, 0.3) is 0 Å². The Morgan fingerprint density at radius 3 is 2.40 bits per heavy atom. The average Bonchev–Trinajstić information content (AvgIpc) is 2.41. The van der Waals surface area contributed by atoms with E-state index in [1.807, 2.05) is 0 Å². The largest absolute Gasteiger partial charge is 0.271 e. The molecule has 1 unspecified atom stereocenters. The lowest BCUT2D eigenvalue weighted by atomic mass is 9.99. The van der Waals surface area contributed by atoms with E-state index in [4.69, 9.17) is 40.6 Å². The summed E-state index contributed by atoms with van der Waals surface area (Å²) < 4.78 is 13.8. The molecule has 0 saturated heterocycles. The molecule has 0 saturated carbocycles. The summed E-state index contributed by atoms with van der Waals surface area (Å²) in [6.07, 6.45) is 0.372. The topological polar surface area (TPSA) is 38.0 Å². The van der Waals surface area contributed by atoms with Crippen LogP contribution < -0.4 is 11.3 Å². The van der Waals surface area contributed by atoms with Crippen molar-refractivity contribution in [3.63, 3.8) is 0 Å². The van der Waals surface area contributed by atoms with Gasteiger partial charge < -0.3 is 0 Å². The molecule has 0 aliphatic rings. The van der Waals surface area contributed by atoms with Crippen LogP contribution in [0, 0.1) is 5.82 Å². The molecule has 0 aliphatic carbocycles. The molecule has 0 radical (unpaired) electrons. The van der Waals surface area contributed by atoms with Crippen molar-refractivity contribution in [3.05, 3.63) is 68.4 Å². The Morgan fingerprint density at radius 2 is 1.80 bits per heavy atom. The van der Waals surface area contributed by atoms with E-state index < -0.39 is 0 Å². The first-order chi connectivity index (χ1) is 9.51. The van der Waals surface area contributed by atoms with E-state index >= 15 is 0 Å². The number of hydrogen-bond donors (Lipinski definition) is 2. The maximum atomic E-state index is 13.8. The first kappa shape index (κ1) is 15.5. The molecule has 6 heteroatoms. The highest BCUT2D eigenvalue weighted by Crippen LogP contribution is 2.27. The number of halogens is 4. The Labute approximate surface area is 131 Å². The highest BCUT2D eigenvalue weighted by Gasteiger charge is 2.14. The van der Waals surface area contributed by atoms with E-state index in [9.17, 15) is 4.39 Å². The summed E-state index contributed by atoms with van der Waals surface area (Å²) in [5, 5.41) is 1.25. The summed E-state index contributed by atoms with van der Waals surface area (Å²) in [7, 11) is 0. The minimum atomic E-state index is -0.363. The predicted octanol–water partition coefficient (Wildman–Crippen LogP) is 4.53. The Morgan fingerprint density at radius 1 is 1.05 bits per heavy atom. The van der Waals surface area contributed by atoms with Gasteiger partial charge in [-0.3, -0.25) is 11.3 Å². The van der Waals surface area contributed by atoms with Gasteiger partial charge in [0.05, 0.1) is 16.1 Å². The predicted molar refractivity (Wildman–Crippen MR) is 81.6 cm³/mol. The van der Waals surface area contributed by atoms with Crippen molar-refractivity contribution >= 4 is 34.8 Å². The SMILES string of the molecule is NNC(Cc1ccc(Cl)cc1F)c1ccc(Cl)c(Cl)c1. The summed E-state index contributed by atoms with van der Waals surface area (Å²) in [4.78, 5) is 0. The Kier molecular flexibility index (Phi) is 5.24. The molecule has 2 rings (SSSR count). The van der Waals surface area contributed by atoms with Gasteiger partial charge >= 0.3 is 0 Å². The number of benzene rings is 2. The summed E-state index contributed by atoms with van der Waals surface area (Å²) in [6.45, 7) is 0. The second-order valence-corrected chi connectivity index (χ2v) is 5.58. The highest BCUT2D eigenvalue weighted by molar-refractivity contribution is 6.42. The smallest absolute Gasteiger partial charge is 0.127 e. The van der Waals surface area contributed by atoms with Crippen LogP contribution in [0.15, 0.2) is 36.4 Å². The lowest BCUT2D eigenvalue weighted by Gasteiger charge is -2.17. The van der Waals surface area contributed by atoms with Gasteiger partial charge in [-0.25, -0.2) is 4.39 Å². The molecule has 0 amide bonds. The van der Waals surface area contributed by atoms with Gasteiger partial charge in [-0.15, -0.1) is 0 Å². The van der Waals surface area contributed by atoms with E-state index in [2.05, 4.69) is 5.43 Å². The molecule has 0 fully saturated rings. The highest BCUT2D eigenvalue weighted by atomic mass is 35.5. The van der Waals surface area contributed by atoms with E-state index in [0.717, 1.165) is 5.56 Å². The molecule has 0 spiro atoms. The molecular weight excluding hydrogens is 322 g/mol. The van der Waals surface area contributed by atoms with Gasteiger partial charge in [0, 0.05) is 5.02 Å². The molecule has 2 aromatic rings. The van der Waals surface area contributed by atoms with Crippen LogP contribution in [-0.4, -0.2) is 0 Å². The maximum absolute atomic E-state index is 13.8. The number of hydrazine groups is 1. The van der Waals surface area contributed by atoms with Gasteiger partial charge in [0.2, 0.25) is 0 Å². The van der Waals surface area contributed by atoms with E-state index in [1.54, 1.807) is 30.3 Å². The summed E-state index contributed by atoms with van der Waals surface area (Å²) >= 11 is 17.6. The van der Waals surface area contributed by atoms with Crippen LogP contribution >= 0.6 is 34.8 Å². The normalized spacial score (nSPS) is 12.4. The number of rotatable bonds is 4. The summed E-state index contributed by atoms with van der Waals surface area (Å²) in [6, 6.07) is 9.47. The third-order valence-electron chi connectivity index (χ3n) is 2.99. The monoisotopic (exact) mass is 332 g/mol. The molecule has 3 N–H and O–H groups in total. The van der Waals surface area contributed by atoms with Gasteiger partial charge in [-0.1, -0.05) is 46.9 Å². The standard InChI is InChI=1S/C14H12Cl3FN2/c15-10-3-1-8(13(18)7-10)6-14(20-19)9-2-4-11(16)12(17)5-9/h1-5,7,14,20H,6,19H2. The van der Waals surface area contributed by atoms with Crippen molar-refractivity contribution in [3.8, 4) is 0 Å². The Bertz CT molecular complexity index is 619. The van der Waals surface area contributed by atoms with Gasteiger partial charge in [-0.2, -0.15) is 0 Å². The molecular formula is C14H12Cl3FN2.